The summed E-state index contributed by atoms with van der Waals surface area (Å²) in [5.74, 6) is -0.733. The number of benzene rings is 1. The van der Waals surface area contributed by atoms with Gasteiger partial charge >= 0.3 is 5.76 Å². The molecule has 0 aliphatic carbocycles. The van der Waals surface area contributed by atoms with Gasteiger partial charge in [0.2, 0.25) is 5.82 Å². The van der Waals surface area contributed by atoms with Gasteiger partial charge in [-0.2, -0.15) is 0 Å². The van der Waals surface area contributed by atoms with Crippen molar-refractivity contribution in [2.24, 2.45) is 0 Å². The van der Waals surface area contributed by atoms with Gasteiger partial charge in [0.15, 0.2) is 15.7 Å². The standard InChI is InChI=1S/C14H12N4O4S/c19-14-18(13(17-22-14)12-15-7-4-8-16-12)9-10-23(20,21)11-5-2-1-3-6-11/h1-8H,9-10H2. The monoisotopic (exact) mass is 332 g/mol. The van der Waals surface area contributed by atoms with Crippen molar-refractivity contribution in [2.45, 2.75) is 11.4 Å². The van der Waals surface area contributed by atoms with Gasteiger partial charge in [0.1, 0.15) is 0 Å². The van der Waals surface area contributed by atoms with E-state index in [9.17, 15) is 13.2 Å². The topological polar surface area (TPSA) is 108 Å². The predicted molar refractivity (Wildman–Crippen MR) is 80.3 cm³/mol. The molecule has 0 aliphatic heterocycles. The van der Waals surface area contributed by atoms with Crippen molar-refractivity contribution >= 4 is 9.84 Å². The van der Waals surface area contributed by atoms with Gasteiger partial charge in [0, 0.05) is 18.9 Å². The number of aromatic nitrogens is 4. The highest BCUT2D eigenvalue weighted by molar-refractivity contribution is 7.91. The number of sulfone groups is 1. The van der Waals surface area contributed by atoms with E-state index in [1.165, 1.54) is 24.5 Å². The molecule has 0 amide bonds. The zero-order valence-corrected chi connectivity index (χ0v) is 12.7. The van der Waals surface area contributed by atoms with Crippen LogP contribution in [-0.2, 0) is 16.4 Å². The lowest BCUT2D eigenvalue weighted by Gasteiger charge is -2.05. The second kappa shape index (κ2) is 6.13. The first-order valence-corrected chi connectivity index (χ1v) is 8.35. The molecule has 0 unspecified atom stereocenters. The molecule has 3 rings (SSSR count). The molecule has 2 heterocycles. The quantitative estimate of drug-likeness (QED) is 0.679. The van der Waals surface area contributed by atoms with Crippen molar-refractivity contribution in [3.63, 3.8) is 0 Å². The van der Waals surface area contributed by atoms with Gasteiger partial charge < -0.3 is 0 Å². The summed E-state index contributed by atoms with van der Waals surface area (Å²) in [6.45, 7) is -0.104. The van der Waals surface area contributed by atoms with E-state index in [2.05, 4.69) is 19.6 Å². The van der Waals surface area contributed by atoms with E-state index < -0.39 is 15.6 Å². The molecule has 0 bridgehead atoms. The van der Waals surface area contributed by atoms with E-state index in [1.54, 1.807) is 24.3 Å². The first-order valence-electron chi connectivity index (χ1n) is 6.69. The summed E-state index contributed by atoms with van der Waals surface area (Å²) in [7, 11) is -3.52. The van der Waals surface area contributed by atoms with Crippen molar-refractivity contribution < 1.29 is 12.9 Å². The molecule has 0 atom stereocenters. The van der Waals surface area contributed by atoms with Crippen LogP contribution in [0.15, 0.2) is 63.0 Å². The Morgan fingerprint density at radius 2 is 1.74 bits per heavy atom. The molecule has 0 spiro atoms. The van der Waals surface area contributed by atoms with Crippen LogP contribution in [0.1, 0.15) is 0 Å². The molecule has 0 radical (unpaired) electrons. The van der Waals surface area contributed by atoms with Gasteiger partial charge in [-0.15, -0.1) is 0 Å². The SMILES string of the molecule is O=c1onc(-c2ncccn2)n1CCS(=O)(=O)c1ccccc1. The maximum Gasteiger partial charge on any atom is 0.441 e. The zero-order valence-electron chi connectivity index (χ0n) is 11.9. The highest BCUT2D eigenvalue weighted by Crippen LogP contribution is 2.13. The van der Waals surface area contributed by atoms with E-state index in [0.717, 1.165) is 4.57 Å². The van der Waals surface area contributed by atoms with Crippen molar-refractivity contribution in [1.82, 2.24) is 19.7 Å². The molecule has 0 fully saturated rings. The van der Waals surface area contributed by atoms with E-state index >= 15 is 0 Å². The first-order chi connectivity index (χ1) is 11.1. The zero-order chi connectivity index (χ0) is 16.3. The van der Waals surface area contributed by atoms with E-state index in [1.807, 2.05) is 0 Å². The molecule has 0 N–H and O–H groups in total. The van der Waals surface area contributed by atoms with Gasteiger partial charge in [0.05, 0.1) is 10.6 Å². The van der Waals surface area contributed by atoms with Gasteiger partial charge in [-0.25, -0.2) is 23.2 Å². The molecule has 0 saturated carbocycles. The minimum atomic E-state index is -3.52. The Kier molecular flexibility index (Phi) is 4.02. The highest BCUT2D eigenvalue weighted by atomic mass is 32.2. The Bertz CT molecular complexity index is 949. The van der Waals surface area contributed by atoms with Gasteiger partial charge in [-0.1, -0.05) is 23.4 Å². The van der Waals surface area contributed by atoms with Gasteiger partial charge in [-0.05, 0) is 18.2 Å². The smallest absolute Gasteiger partial charge is 0.295 e. The second-order valence-electron chi connectivity index (χ2n) is 4.63. The number of hydrogen-bond donors (Lipinski definition) is 0. The average Bonchev–Trinajstić information content (AvgIpc) is 2.95. The Morgan fingerprint density at radius 1 is 1.04 bits per heavy atom. The lowest BCUT2D eigenvalue weighted by atomic mass is 10.4. The minimum absolute atomic E-state index is 0.0962. The fraction of sp³-hybridized carbons (Fsp3) is 0.143. The normalized spacial score (nSPS) is 11.5. The lowest BCUT2D eigenvalue weighted by Crippen LogP contribution is -2.21. The molecule has 3 aromatic rings. The van der Waals surface area contributed by atoms with E-state index in [0.29, 0.717) is 0 Å². The van der Waals surface area contributed by atoms with Gasteiger partial charge in [0.25, 0.3) is 0 Å². The summed E-state index contributed by atoms with van der Waals surface area (Å²) < 4.78 is 30.3. The third kappa shape index (κ3) is 3.19. The molecule has 2 aromatic heterocycles. The molecule has 1 aromatic carbocycles. The molecule has 9 heteroatoms. The maximum atomic E-state index is 12.3. The van der Waals surface area contributed by atoms with Crippen molar-refractivity contribution in [2.75, 3.05) is 5.75 Å². The molecule has 23 heavy (non-hydrogen) atoms. The molecular formula is C14H12N4O4S. The van der Waals surface area contributed by atoms with Crippen LogP contribution in [0.2, 0.25) is 0 Å². The molecule has 8 nitrogen and oxygen atoms in total. The molecule has 0 saturated heterocycles. The maximum absolute atomic E-state index is 12.3. The number of rotatable bonds is 5. The summed E-state index contributed by atoms with van der Waals surface area (Å²) in [6, 6.07) is 9.64. The fourth-order valence-electron chi connectivity index (χ4n) is 2.00. The molecular weight excluding hydrogens is 320 g/mol. The Labute approximate surface area is 131 Å². The summed E-state index contributed by atoms with van der Waals surface area (Å²) in [5.41, 5.74) is 0. The summed E-state index contributed by atoms with van der Waals surface area (Å²) in [4.78, 5) is 19.9. The summed E-state index contributed by atoms with van der Waals surface area (Å²) in [5, 5.41) is 3.62. The van der Waals surface area contributed by atoms with Gasteiger partial charge in [-0.3, -0.25) is 9.09 Å². The Morgan fingerprint density at radius 3 is 2.43 bits per heavy atom. The minimum Gasteiger partial charge on any atom is -0.295 e. The van der Waals surface area contributed by atoms with E-state index in [4.69, 9.17) is 0 Å². The highest BCUT2D eigenvalue weighted by Gasteiger charge is 2.19. The van der Waals surface area contributed by atoms with Crippen molar-refractivity contribution in [3.8, 4) is 11.6 Å². The van der Waals surface area contributed by atoms with Crippen LogP contribution in [0.4, 0.5) is 0 Å². The lowest BCUT2D eigenvalue weighted by molar-refractivity contribution is 0.377. The summed E-state index contributed by atoms with van der Waals surface area (Å²) >= 11 is 0. The Hall–Kier alpha value is -2.81. The summed E-state index contributed by atoms with van der Waals surface area (Å²) in [6.07, 6.45) is 2.99. The number of nitrogens with zero attached hydrogens (tertiary/aromatic N) is 4. The van der Waals surface area contributed by atoms with Crippen molar-refractivity contribution in [3.05, 3.63) is 59.3 Å². The average molecular weight is 332 g/mol. The third-order valence-corrected chi connectivity index (χ3v) is 4.85. The largest absolute Gasteiger partial charge is 0.441 e. The Balaban J connectivity index is 1.88. The van der Waals surface area contributed by atoms with Crippen LogP contribution < -0.4 is 5.76 Å². The molecule has 0 aliphatic rings. The molecule has 118 valence electrons. The van der Waals surface area contributed by atoms with Crippen molar-refractivity contribution in [1.29, 1.82) is 0 Å². The second-order valence-corrected chi connectivity index (χ2v) is 6.74. The van der Waals surface area contributed by atoms with Crippen LogP contribution in [0, 0.1) is 0 Å². The van der Waals surface area contributed by atoms with E-state index in [-0.39, 0.29) is 28.8 Å². The fourth-order valence-corrected chi connectivity index (χ4v) is 3.23. The van der Waals surface area contributed by atoms with Crippen LogP contribution in [0.25, 0.3) is 11.6 Å². The first kappa shape index (κ1) is 15.1. The number of hydrogen-bond acceptors (Lipinski definition) is 7. The predicted octanol–water partition coefficient (Wildman–Crippen LogP) is 0.767. The van der Waals surface area contributed by atoms with Crippen LogP contribution in [0.3, 0.4) is 0 Å². The van der Waals surface area contributed by atoms with Crippen LogP contribution >= 0.6 is 0 Å². The third-order valence-electron chi connectivity index (χ3n) is 3.14. The van der Waals surface area contributed by atoms with Crippen LogP contribution in [-0.4, -0.2) is 33.9 Å². The van der Waals surface area contributed by atoms with Crippen LogP contribution in [0.5, 0.6) is 0 Å².